The highest BCUT2D eigenvalue weighted by Gasteiger charge is 2.04. The number of hydrogen-bond donors (Lipinski definition) is 0. The van der Waals surface area contributed by atoms with Crippen LogP contribution in [0.2, 0.25) is 0 Å². The molecule has 0 aliphatic carbocycles. The van der Waals surface area contributed by atoms with Crippen molar-refractivity contribution in [1.82, 2.24) is 10.1 Å². The van der Waals surface area contributed by atoms with Gasteiger partial charge in [-0.2, -0.15) is 4.98 Å². The van der Waals surface area contributed by atoms with E-state index >= 15 is 0 Å². The first-order valence-electron chi connectivity index (χ1n) is 8.33. The van der Waals surface area contributed by atoms with Crippen LogP contribution in [0.4, 0.5) is 4.79 Å². The molecular weight excluding hydrogens is 352 g/mol. The largest absolute Gasteiger partial charge is 0.507 e. The summed E-state index contributed by atoms with van der Waals surface area (Å²) in [6, 6.07) is 7.99. The van der Waals surface area contributed by atoms with Crippen LogP contribution in [0.15, 0.2) is 41.4 Å². The summed E-state index contributed by atoms with van der Waals surface area (Å²) in [6.45, 7) is 7.66. The normalized spacial score (nSPS) is 9.59. The lowest BCUT2D eigenvalue weighted by molar-refractivity contribution is -0.137. The average molecular weight is 376 g/mol. The zero-order chi connectivity index (χ0) is 20.1. The molecule has 0 atom stereocenters. The van der Waals surface area contributed by atoms with Gasteiger partial charge in [-0.15, -0.1) is 0 Å². The summed E-state index contributed by atoms with van der Waals surface area (Å²) in [6.07, 6.45) is 1.66. The van der Waals surface area contributed by atoms with Crippen molar-refractivity contribution in [3.63, 3.8) is 0 Å². The van der Waals surface area contributed by atoms with Crippen molar-refractivity contribution in [2.75, 3.05) is 20.3 Å². The lowest BCUT2D eigenvalue weighted by atomic mass is 10.1. The Hall–Kier alpha value is -3.16. The molecule has 0 fully saturated rings. The Labute approximate surface area is 158 Å². The molecule has 0 radical (unpaired) electrons. The number of hydrogen-bond acceptors (Lipinski definition) is 8. The second kappa shape index (κ2) is 12.2. The standard InChI is InChI=1S/C10H10N2O.C9H14O5/c1-7-3-5-9(6-4-7)10-11-8(2)12-13-10;1-3-8(10)13-6-4-5-7-14-9(11)12-2/h3-6H,1-2H3;3H,1,4-7H2,2H3. The van der Waals surface area contributed by atoms with E-state index in [1.807, 2.05) is 31.2 Å². The molecule has 146 valence electrons. The van der Waals surface area contributed by atoms with E-state index in [9.17, 15) is 9.59 Å². The molecule has 1 aromatic heterocycles. The van der Waals surface area contributed by atoms with Gasteiger partial charge < -0.3 is 18.7 Å². The monoisotopic (exact) mass is 376 g/mol. The van der Waals surface area contributed by atoms with Gasteiger partial charge in [-0.3, -0.25) is 0 Å². The Bertz CT molecular complexity index is 724. The number of aromatic nitrogens is 2. The Morgan fingerprint density at radius 1 is 1.11 bits per heavy atom. The fourth-order valence-corrected chi connectivity index (χ4v) is 1.76. The number of benzene rings is 1. The lowest BCUT2D eigenvalue weighted by Crippen LogP contribution is -2.07. The van der Waals surface area contributed by atoms with Crippen LogP contribution in [0.3, 0.4) is 0 Å². The van der Waals surface area contributed by atoms with Crippen LogP contribution in [-0.2, 0) is 19.0 Å². The molecule has 0 unspecified atom stereocenters. The van der Waals surface area contributed by atoms with Crippen LogP contribution < -0.4 is 0 Å². The summed E-state index contributed by atoms with van der Waals surface area (Å²) in [4.78, 5) is 25.1. The fourth-order valence-electron chi connectivity index (χ4n) is 1.76. The SMILES string of the molecule is C=CC(=O)OCCCCOC(=O)OC.Cc1ccc(-c2nc(C)no2)cc1. The van der Waals surface area contributed by atoms with Gasteiger partial charge in [0.05, 0.1) is 20.3 Å². The maximum Gasteiger partial charge on any atom is 0.507 e. The molecule has 0 N–H and O–H groups in total. The first-order chi connectivity index (χ1) is 13.0. The van der Waals surface area contributed by atoms with E-state index in [-0.39, 0.29) is 6.61 Å². The molecule has 0 aliphatic rings. The van der Waals surface area contributed by atoms with Crippen LogP contribution in [0.1, 0.15) is 24.2 Å². The summed E-state index contributed by atoms with van der Waals surface area (Å²) in [7, 11) is 1.24. The summed E-state index contributed by atoms with van der Waals surface area (Å²) < 4.78 is 18.6. The Balaban J connectivity index is 0.000000270. The molecule has 27 heavy (non-hydrogen) atoms. The van der Waals surface area contributed by atoms with Gasteiger partial charge in [0.1, 0.15) is 0 Å². The molecule has 2 aromatic rings. The predicted octanol–water partition coefficient (Wildman–Crippen LogP) is 3.63. The van der Waals surface area contributed by atoms with Crippen molar-refractivity contribution in [1.29, 1.82) is 0 Å². The van der Waals surface area contributed by atoms with Gasteiger partial charge in [-0.1, -0.05) is 29.4 Å². The number of ether oxygens (including phenoxy) is 3. The lowest BCUT2D eigenvalue weighted by Gasteiger charge is -2.03. The van der Waals surface area contributed by atoms with Crippen LogP contribution in [0.25, 0.3) is 11.5 Å². The van der Waals surface area contributed by atoms with Crippen LogP contribution in [-0.4, -0.2) is 42.6 Å². The first kappa shape index (κ1) is 21.9. The number of aryl methyl sites for hydroxylation is 2. The van der Waals surface area contributed by atoms with Gasteiger partial charge in [0, 0.05) is 11.6 Å². The molecule has 0 amide bonds. The van der Waals surface area contributed by atoms with Gasteiger partial charge in [0.15, 0.2) is 5.82 Å². The maximum absolute atomic E-state index is 10.6. The molecule has 0 saturated heterocycles. The van der Waals surface area contributed by atoms with Crippen LogP contribution in [0.5, 0.6) is 0 Å². The molecule has 1 aromatic carbocycles. The van der Waals surface area contributed by atoms with Crippen LogP contribution in [0, 0.1) is 13.8 Å². The van der Waals surface area contributed by atoms with E-state index < -0.39 is 12.1 Å². The molecule has 8 heteroatoms. The Morgan fingerprint density at radius 3 is 2.26 bits per heavy atom. The van der Waals surface area contributed by atoms with E-state index in [0.717, 1.165) is 11.6 Å². The molecule has 0 bridgehead atoms. The highest BCUT2D eigenvalue weighted by atomic mass is 16.7. The van der Waals surface area contributed by atoms with Crippen LogP contribution >= 0.6 is 0 Å². The molecule has 8 nitrogen and oxygen atoms in total. The number of carbonyl (C=O) groups excluding carboxylic acids is 2. The van der Waals surface area contributed by atoms with Crippen molar-refractivity contribution in [2.24, 2.45) is 0 Å². The van der Waals surface area contributed by atoms with E-state index in [2.05, 4.69) is 26.2 Å². The predicted molar refractivity (Wildman–Crippen MR) is 98.0 cm³/mol. The molecule has 1 heterocycles. The summed E-state index contributed by atoms with van der Waals surface area (Å²) in [5, 5.41) is 3.73. The number of esters is 1. The zero-order valence-electron chi connectivity index (χ0n) is 15.8. The minimum absolute atomic E-state index is 0.262. The molecule has 0 aliphatic heterocycles. The summed E-state index contributed by atoms with van der Waals surface area (Å²) in [5.41, 5.74) is 2.19. The van der Waals surface area contributed by atoms with Gasteiger partial charge in [0.25, 0.3) is 5.89 Å². The van der Waals surface area contributed by atoms with Crippen molar-refractivity contribution in [3.05, 3.63) is 48.3 Å². The Morgan fingerprint density at radius 2 is 1.74 bits per heavy atom. The number of nitrogens with zero attached hydrogens (tertiary/aromatic N) is 2. The third kappa shape index (κ3) is 9.20. The molecule has 0 saturated carbocycles. The number of methoxy groups -OCH3 is 1. The highest BCUT2D eigenvalue weighted by Crippen LogP contribution is 2.16. The topological polar surface area (TPSA) is 101 Å². The van der Waals surface area contributed by atoms with Gasteiger partial charge in [-0.05, 0) is 38.8 Å². The minimum Gasteiger partial charge on any atom is -0.463 e. The smallest absolute Gasteiger partial charge is 0.463 e. The third-order valence-corrected chi connectivity index (χ3v) is 3.16. The second-order valence-electron chi connectivity index (χ2n) is 5.39. The van der Waals surface area contributed by atoms with E-state index in [1.165, 1.54) is 12.7 Å². The zero-order valence-corrected chi connectivity index (χ0v) is 15.8. The summed E-state index contributed by atoms with van der Waals surface area (Å²) in [5.74, 6) is 0.798. The minimum atomic E-state index is -0.701. The van der Waals surface area contributed by atoms with Crippen molar-refractivity contribution >= 4 is 12.1 Å². The highest BCUT2D eigenvalue weighted by molar-refractivity contribution is 5.81. The quantitative estimate of drug-likeness (QED) is 0.410. The number of rotatable bonds is 7. The molecule has 2 rings (SSSR count). The van der Waals surface area contributed by atoms with Gasteiger partial charge in [0.2, 0.25) is 0 Å². The fraction of sp³-hybridized carbons (Fsp3) is 0.368. The first-order valence-corrected chi connectivity index (χ1v) is 8.33. The molecular formula is C19H24N2O6. The van der Waals surface area contributed by atoms with Crippen molar-refractivity contribution in [2.45, 2.75) is 26.7 Å². The van der Waals surface area contributed by atoms with E-state index in [1.54, 1.807) is 6.92 Å². The Kier molecular flexibility index (Phi) is 9.92. The third-order valence-electron chi connectivity index (χ3n) is 3.16. The van der Waals surface area contributed by atoms with E-state index in [0.29, 0.717) is 31.2 Å². The van der Waals surface area contributed by atoms with Gasteiger partial charge in [-0.25, -0.2) is 9.59 Å². The maximum atomic E-state index is 10.6. The second-order valence-corrected chi connectivity index (χ2v) is 5.39. The van der Waals surface area contributed by atoms with Crippen molar-refractivity contribution < 1.29 is 28.3 Å². The number of unbranched alkanes of at least 4 members (excludes halogenated alkanes) is 1. The van der Waals surface area contributed by atoms with Crippen molar-refractivity contribution in [3.8, 4) is 11.5 Å². The number of carbonyl (C=O) groups is 2. The summed E-state index contributed by atoms with van der Waals surface area (Å²) >= 11 is 0. The van der Waals surface area contributed by atoms with E-state index in [4.69, 9.17) is 9.26 Å². The average Bonchev–Trinajstić information content (AvgIpc) is 3.11. The van der Waals surface area contributed by atoms with Gasteiger partial charge >= 0.3 is 12.1 Å². The molecule has 0 spiro atoms.